The lowest BCUT2D eigenvalue weighted by molar-refractivity contribution is 0.0906. The standard InChI is InChI=1S/C16H19N3O2/c17-12-8-15(19(9-12)13-6-7-13)16(21)18-14(10-20)11-4-2-1-3-5-11/h1-5,8-9,13-14,20H,6-7,10,17H2,(H,18,21)/t14-/m1/s1. The largest absolute Gasteiger partial charge is 0.397 e. The molecule has 0 saturated heterocycles. The quantitative estimate of drug-likeness (QED) is 0.784. The number of aromatic nitrogens is 1. The number of hydrogen-bond donors (Lipinski definition) is 3. The van der Waals surface area contributed by atoms with E-state index in [1.54, 1.807) is 6.07 Å². The van der Waals surface area contributed by atoms with Gasteiger partial charge in [0.15, 0.2) is 0 Å². The van der Waals surface area contributed by atoms with Crippen LogP contribution in [0.25, 0.3) is 0 Å². The minimum absolute atomic E-state index is 0.143. The van der Waals surface area contributed by atoms with Gasteiger partial charge in [0.05, 0.1) is 18.3 Å². The van der Waals surface area contributed by atoms with Crippen LogP contribution in [0, 0.1) is 0 Å². The molecule has 1 aliphatic carbocycles. The summed E-state index contributed by atoms with van der Waals surface area (Å²) in [5.41, 5.74) is 7.84. The number of carbonyl (C=O) groups is 1. The highest BCUT2D eigenvalue weighted by Gasteiger charge is 2.28. The Morgan fingerprint density at radius 3 is 2.71 bits per heavy atom. The molecule has 0 radical (unpaired) electrons. The first-order valence-electron chi connectivity index (χ1n) is 7.13. The Labute approximate surface area is 123 Å². The van der Waals surface area contributed by atoms with Crippen molar-refractivity contribution in [3.05, 3.63) is 53.9 Å². The molecule has 5 heteroatoms. The predicted octanol–water partition coefficient (Wildman–Crippen LogP) is 1.87. The van der Waals surface area contributed by atoms with Crippen molar-refractivity contribution in [3.8, 4) is 0 Å². The Morgan fingerprint density at radius 1 is 1.38 bits per heavy atom. The normalized spacial score (nSPS) is 15.7. The van der Waals surface area contributed by atoms with E-state index in [-0.39, 0.29) is 12.5 Å². The number of nitrogens with zero attached hydrogens (tertiary/aromatic N) is 1. The molecule has 1 heterocycles. The highest BCUT2D eigenvalue weighted by Crippen LogP contribution is 2.37. The molecule has 1 atom stereocenters. The van der Waals surface area contributed by atoms with Crippen molar-refractivity contribution in [3.63, 3.8) is 0 Å². The third-order valence-electron chi connectivity index (χ3n) is 3.73. The number of nitrogens with one attached hydrogen (secondary N) is 1. The average Bonchev–Trinajstić information content (AvgIpc) is 3.28. The maximum absolute atomic E-state index is 12.5. The van der Waals surface area contributed by atoms with Crippen molar-refractivity contribution >= 4 is 11.6 Å². The number of anilines is 1. The maximum Gasteiger partial charge on any atom is 0.268 e. The van der Waals surface area contributed by atoms with Crippen molar-refractivity contribution < 1.29 is 9.90 Å². The smallest absolute Gasteiger partial charge is 0.268 e. The van der Waals surface area contributed by atoms with Gasteiger partial charge in [0, 0.05) is 12.2 Å². The summed E-state index contributed by atoms with van der Waals surface area (Å²) in [6, 6.07) is 11.1. The van der Waals surface area contributed by atoms with Crippen LogP contribution >= 0.6 is 0 Å². The van der Waals surface area contributed by atoms with Gasteiger partial charge in [0.25, 0.3) is 5.91 Å². The van der Waals surface area contributed by atoms with Gasteiger partial charge < -0.3 is 20.7 Å². The van der Waals surface area contributed by atoms with Gasteiger partial charge in [-0.1, -0.05) is 30.3 Å². The lowest BCUT2D eigenvalue weighted by Crippen LogP contribution is -2.32. The molecule has 1 aromatic carbocycles. The molecule has 1 aliphatic rings. The van der Waals surface area contributed by atoms with Gasteiger partial charge >= 0.3 is 0 Å². The molecule has 0 aliphatic heterocycles. The SMILES string of the molecule is Nc1cc(C(=O)N[C@H](CO)c2ccccc2)n(C2CC2)c1. The first kappa shape index (κ1) is 13.7. The zero-order chi connectivity index (χ0) is 14.8. The Bertz CT molecular complexity index is 632. The van der Waals surface area contributed by atoms with Gasteiger partial charge in [0.2, 0.25) is 0 Å². The molecule has 5 nitrogen and oxygen atoms in total. The molecule has 0 unspecified atom stereocenters. The summed E-state index contributed by atoms with van der Waals surface area (Å²) in [5.74, 6) is -0.207. The second-order valence-electron chi connectivity index (χ2n) is 5.42. The number of carbonyl (C=O) groups excluding carboxylic acids is 1. The molecule has 1 amide bonds. The molecule has 4 N–H and O–H groups in total. The van der Waals surface area contributed by atoms with E-state index in [1.807, 2.05) is 41.1 Å². The molecule has 1 saturated carbocycles. The van der Waals surface area contributed by atoms with Crippen molar-refractivity contribution in [2.75, 3.05) is 12.3 Å². The second-order valence-corrected chi connectivity index (χ2v) is 5.42. The van der Waals surface area contributed by atoms with E-state index >= 15 is 0 Å². The van der Waals surface area contributed by atoms with E-state index in [1.165, 1.54) is 0 Å². The van der Waals surface area contributed by atoms with Crippen molar-refractivity contribution in [1.29, 1.82) is 0 Å². The Balaban J connectivity index is 1.79. The third-order valence-corrected chi connectivity index (χ3v) is 3.73. The summed E-state index contributed by atoms with van der Waals surface area (Å²) in [6.07, 6.45) is 3.97. The molecular formula is C16H19N3O2. The Kier molecular flexibility index (Phi) is 3.66. The molecule has 110 valence electrons. The predicted molar refractivity (Wildman–Crippen MR) is 80.9 cm³/mol. The van der Waals surface area contributed by atoms with Gasteiger partial charge in [-0.2, -0.15) is 0 Å². The number of hydrogen-bond acceptors (Lipinski definition) is 3. The van der Waals surface area contributed by atoms with Crippen LogP contribution in [0.4, 0.5) is 5.69 Å². The van der Waals surface area contributed by atoms with Crippen LogP contribution in [0.5, 0.6) is 0 Å². The summed E-state index contributed by atoms with van der Waals surface area (Å²) in [7, 11) is 0. The van der Waals surface area contributed by atoms with Crippen LogP contribution in [0.1, 0.15) is 41.0 Å². The minimum Gasteiger partial charge on any atom is -0.397 e. The zero-order valence-electron chi connectivity index (χ0n) is 11.7. The molecule has 3 rings (SSSR count). The van der Waals surface area contributed by atoms with Crippen LogP contribution in [-0.4, -0.2) is 22.2 Å². The lowest BCUT2D eigenvalue weighted by atomic mass is 10.1. The van der Waals surface area contributed by atoms with E-state index in [9.17, 15) is 9.90 Å². The van der Waals surface area contributed by atoms with Gasteiger partial charge in [-0.05, 0) is 24.5 Å². The highest BCUT2D eigenvalue weighted by molar-refractivity contribution is 5.94. The molecule has 21 heavy (non-hydrogen) atoms. The molecule has 1 fully saturated rings. The summed E-state index contributed by atoms with van der Waals surface area (Å²) in [5, 5.41) is 12.4. The fourth-order valence-corrected chi connectivity index (χ4v) is 2.49. The van der Waals surface area contributed by atoms with Gasteiger partial charge in [-0.15, -0.1) is 0 Å². The second kappa shape index (κ2) is 5.61. The average molecular weight is 285 g/mol. The third kappa shape index (κ3) is 2.92. The Morgan fingerprint density at radius 2 is 2.10 bits per heavy atom. The number of aliphatic hydroxyl groups excluding tert-OH is 1. The first-order valence-corrected chi connectivity index (χ1v) is 7.13. The summed E-state index contributed by atoms with van der Waals surface area (Å²) < 4.78 is 1.93. The minimum atomic E-state index is -0.414. The monoisotopic (exact) mass is 285 g/mol. The number of rotatable bonds is 5. The van der Waals surface area contributed by atoms with Crippen molar-refractivity contribution in [1.82, 2.24) is 9.88 Å². The van der Waals surface area contributed by atoms with Gasteiger partial charge in [0.1, 0.15) is 5.69 Å². The number of nitrogen functional groups attached to an aromatic ring is 1. The van der Waals surface area contributed by atoms with E-state index in [0.29, 0.717) is 17.4 Å². The number of aliphatic hydroxyl groups is 1. The maximum atomic E-state index is 12.5. The highest BCUT2D eigenvalue weighted by atomic mass is 16.3. The van der Waals surface area contributed by atoms with E-state index in [0.717, 1.165) is 18.4 Å². The fourth-order valence-electron chi connectivity index (χ4n) is 2.49. The molecule has 1 aromatic heterocycles. The van der Waals surface area contributed by atoms with Crippen molar-refractivity contribution in [2.24, 2.45) is 0 Å². The van der Waals surface area contributed by atoms with Crippen LogP contribution in [-0.2, 0) is 0 Å². The Hall–Kier alpha value is -2.27. The molecular weight excluding hydrogens is 266 g/mol. The lowest BCUT2D eigenvalue weighted by Gasteiger charge is -2.17. The topological polar surface area (TPSA) is 80.3 Å². The number of amides is 1. The van der Waals surface area contributed by atoms with E-state index < -0.39 is 6.04 Å². The van der Waals surface area contributed by atoms with E-state index in [2.05, 4.69) is 5.32 Å². The summed E-state index contributed by atoms with van der Waals surface area (Å²) in [6.45, 7) is -0.143. The van der Waals surface area contributed by atoms with Crippen LogP contribution in [0.2, 0.25) is 0 Å². The fraction of sp³-hybridized carbons (Fsp3) is 0.312. The zero-order valence-corrected chi connectivity index (χ0v) is 11.7. The first-order chi connectivity index (χ1) is 10.2. The van der Waals surface area contributed by atoms with Gasteiger partial charge in [-0.3, -0.25) is 4.79 Å². The van der Waals surface area contributed by atoms with Gasteiger partial charge in [-0.25, -0.2) is 0 Å². The van der Waals surface area contributed by atoms with Crippen LogP contribution in [0.3, 0.4) is 0 Å². The van der Waals surface area contributed by atoms with E-state index in [4.69, 9.17) is 5.73 Å². The summed E-state index contributed by atoms with van der Waals surface area (Å²) >= 11 is 0. The molecule has 2 aromatic rings. The number of benzene rings is 1. The summed E-state index contributed by atoms with van der Waals surface area (Å²) in [4.78, 5) is 12.5. The van der Waals surface area contributed by atoms with Crippen molar-refractivity contribution in [2.45, 2.75) is 24.9 Å². The molecule has 0 spiro atoms. The van der Waals surface area contributed by atoms with Crippen LogP contribution < -0.4 is 11.1 Å². The number of nitrogens with two attached hydrogens (primary N) is 1. The molecule has 0 bridgehead atoms. The van der Waals surface area contributed by atoms with Crippen LogP contribution in [0.15, 0.2) is 42.6 Å².